The first-order valence-electron chi connectivity index (χ1n) is 7.20. The monoisotopic (exact) mass is 279 g/mol. The molecule has 20 heavy (non-hydrogen) atoms. The predicted octanol–water partition coefficient (Wildman–Crippen LogP) is 2.69. The summed E-state index contributed by atoms with van der Waals surface area (Å²) in [4.78, 5) is 0. The molecule has 1 aliphatic rings. The second-order valence-corrected chi connectivity index (χ2v) is 5.94. The molecule has 2 atom stereocenters. The van der Waals surface area contributed by atoms with Crippen molar-refractivity contribution in [1.29, 1.82) is 0 Å². The van der Waals surface area contributed by atoms with Gasteiger partial charge in [-0.2, -0.15) is 0 Å². The summed E-state index contributed by atoms with van der Waals surface area (Å²) in [5.41, 5.74) is 1.27. The average Bonchev–Trinajstić information content (AvgIpc) is 2.43. The molecule has 0 saturated heterocycles. The number of nitrogens with one attached hydrogen (secondary N) is 1. The van der Waals surface area contributed by atoms with E-state index in [1.807, 2.05) is 19.1 Å². The Labute approximate surface area is 121 Å². The number of hydrogen-bond donors (Lipinski definition) is 2. The summed E-state index contributed by atoms with van der Waals surface area (Å²) in [6, 6.07) is 5.91. The third kappa shape index (κ3) is 2.91. The van der Waals surface area contributed by atoms with Crippen molar-refractivity contribution >= 4 is 0 Å². The van der Waals surface area contributed by atoms with Gasteiger partial charge in [0.1, 0.15) is 0 Å². The van der Waals surface area contributed by atoms with Gasteiger partial charge < -0.3 is 19.9 Å². The molecular weight excluding hydrogens is 254 g/mol. The molecule has 0 radical (unpaired) electrons. The normalized spacial score (nSPS) is 24.2. The Hall–Kier alpha value is -1.26. The molecule has 1 aromatic rings. The number of methoxy groups -OCH3 is 1. The third-order valence-electron chi connectivity index (χ3n) is 4.34. The van der Waals surface area contributed by atoms with Gasteiger partial charge >= 0.3 is 0 Å². The summed E-state index contributed by atoms with van der Waals surface area (Å²) >= 11 is 0. The Kier molecular flexibility index (Phi) is 4.55. The van der Waals surface area contributed by atoms with Gasteiger partial charge in [0, 0.05) is 24.6 Å². The number of aromatic hydroxyl groups is 1. The van der Waals surface area contributed by atoms with Gasteiger partial charge in [0.2, 0.25) is 0 Å². The van der Waals surface area contributed by atoms with Crippen molar-refractivity contribution in [1.82, 2.24) is 5.32 Å². The molecule has 0 aliphatic heterocycles. The smallest absolute Gasteiger partial charge is 0.160 e. The highest BCUT2D eigenvalue weighted by Crippen LogP contribution is 2.42. The summed E-state index contributed by atoms with van der Waals surface area (Å²) in [5.74, 6) is 0.695. The number of hydrogen-bond acceptors (Lipinski definition) is 4. The molecule has 1 aromatic carbocycles. The fourth-order valence-corrected chi connectivity index (χ4v) is 2.79. The summed E-state index contributed by atoms with van der Waals surface area (Å²) in [6.07, 6.45) is 1.40. The second kappa shape index (κ2) is 6.02. The van der Waals surface area contributed by atoms with E-state index in [0.29, 0.717) is 17.9 Å². The van der Waals surface area contributed by atoms with E-state index >= 15 is 0 Å². The minimum absolute atomic E-state index is 0.164. The van der Waals surface area contributed by atoms with Gasteiger partial charge in [-0.25, -0.2) is 0 Å². The zero-order valence-electron chi connectivity index (χ0n) is 12.8. The third-order valence-corrected chi connectivity index (χ3v) is 4.34. The van der Waals surface area contributed by atoms with Crippen LogP contribution in [0.25, 0.3) is 0 Å². The Morgan fingerprint density at radius 2 is 2.15 bits per heavy atom. The molecule has 2 N–H and O–H groups in total. The maximum atomic E-state index is 9.58. The molecule has 1 saturated carbocycles. The van der Waals surface area contributed by atoms with E-state index in [0.717, 1.165) is 25.1 Å². The Balaban J connectivity index is 1.90. The van der Waals surface area contributed by atoms with Crippen molar-refractivity contribution in [3.05, 3.63) is 23.8 Å². The molecule has 112 valence electrons. The zero-order chi connectivity index (χ0) is 14.8. The first-order valence-corrected chi connectivity index (χ1v) is 7.20. The molecule has 4 heteroatoms. The topological polar surface area (TPSA) is 50.7 Å². The van der Waals surface area contributed by atoms with Gasteiger partial charge in [0.25, 0.3) is 0 Å². The van der Waals surface area contributed by atoms with Crippen molar-refractivity contribution in [2.45, 2.75) is 45.9 Å². The standard InChI is InChI=1S/C16H25NO3/c1-5-20-15-9-14(16(15,2)3)17-10-11-6-7-12(18)13(8-11)19-4/h6-8,14-15,17-18H,5,9-10H2,1-4H3. The molecule has 2 unspecified atom stereocenters. The fourth-order valence-electron chi connectivity index (χ4n) is 2.79. The van der Waals surface area contributed by atoms with Crippen LogP contribution < -0.4 is 10.1 Å². The molecule has 0 heterocycles. The molecule has 0 amide bonds. The molecular formula is C16H25NO3. The molecule has 4 nitrogen and oxygen atoms in total. The maximum Gasteiger partial charge on any atom is 0.160 e. The summed E-state index contributed by atoms with van der Waals surface area (Å²) in [6.45, 7) is 8.07. The summed E-state index contributed by atoms with van der Waals surface area (Å²) in [7, 11) is 1.56. The van der Waals surface area contributed by atoms with E-state index in [1.54, 1.807) is 13.2 Å². The van der Waals surface area contributed by atoms with Crippen LogP contribution in [0.5, 0.6) is 11.5 Å². The molecule has 1 aliphatic carbocycles. The van der Waals surface area contributed by atoms with Crippen LogP contribution in [0.2, 0.25) is 0 Å². The lowest BCUT2D eigenvalue weighted by Gasteiger charge is -2.52. The number of ether oxygens (including phenoxy) is 2. The first kappa shape index (κ1) is 15.1. The van der Waals surface area contributed by atoms with Gasteiger partial charge in [-0.05, 0) is 31.0 Å². The summed E-state index contributed by atoms with van der Waals surface area (Å²) < 4.78 is 10.9. The minimum atomic E-state index is 0.164. The largest absolute Gasteiger partial charge is 0.504 e. The molecule has 0 spiro atoms. The van der Waals surface area contributed by atoms with Crippen LogP contribution in [-0.2, 0) is 11.3 Å². The Morgan fingerprint density at radius 1 is 1.40 bits per heavy atom. The number of benzene rings is 1. The Morgan fingerprint density at radius 3 is 2.75 bits per heavy atom. The average molecular weight is 279 g/mol. The van der Waals surface area contributed by atoms with Crippen LogP contribution in [0.15, 0.2) is 18.2 Å². The first-order chi connectivity index (χ1) is 9.48. The van der Waals surface area contributed by atoms with E-state index in [4.69, 9.17) is 9.47 Å². The lowest BCUT2D eigenvalue weighted by molar-refractivity contribution is -0.114. The van der Waals surface area contributed by atoms with Crippen molar-refractivity contribution in [3.8, 4) is 11.5 Å². The van der Waals surface area contributed by atoms with Crippen LogP contribution in [0.4, 0.5) is 0 Å². The van der Waals surface area contributed by atoms with Crippen molar-refractivity contribution < 1.29 is 14.6 Å². The molecule has 0 aromatic heterocycles. The number of phenolic OH excluding ortho intramolecular Hbond substituents is 1. The number of rotatable bonds is 6. The highest BCUT2D eigenvalue weighted by atomic mass is 16.5. The van der Waals surface area contributed by atoms with Crippen molar-refractivity contribution in [3.63, 3.8) is 0 Å². The van der Waals surface area contributed by atoms with Gasteiger partial charge in [-0.3, -0.25) is 0 Å². The van der Waals surface area contributed by atoms with Crippen LogP contribution >= 0.6 is 0 Å². The molecule has 1 fully saturated rings. The summed E-state index contributed by atoms with van der Waals surface area (Å²) in [5, 5.41) is 13.2. The van der Waals surface area contributed by atoms with E-state index in [-0.39, 0.29) is 11.2 Å². The quantitative estimate of drug-likeness (QED) is 0.840. The second-order valence-electron chi connectivity index (χ2n) is 5.94. The highest BCUT2D eigenvalue weighted by molar-refractivity contribution is 5.41. The van der Waals surface area contributed by atoms with Gasteiger partial charge in [0.05, 0.1) is 13.2 Å². The lowest BCUT2D eigenvalue weighted by atomic mass is 9.64. The zero-order valence-corrected chi connectivity index (χ0v) is 12.8. The van der Waals surface area contributed by atoms with Crippen LogP contribution in [0.1, 0.15) is 32.8 Å². The van der Waals surface area contributed by atoms with E-state index < -0.39 is 0 Å². The van der Waals surface area contributed by atoms with Gasteiger partial charge in [-0.1, -0.05) is 19.9 Å². The van der Waals surface area contributed by atoms with Crippen LogP contribution in [0, 0.1) is 5.41 Å². The van der Waals surface area contributed by atoms with Crippen LogP contribution in [0.3, 0.4) is 0 Å². The van der Waals surface area contributed by atoms with Crippen LogP contribution in [-0.4, -0.2) is 31.0 Å². The van der Waals surface area contributed by atoms with Crippen molar-refractivity contribution in [2.75, 3.05) is 13.7 Å². The highest BCUT2D eigenvalue weighted by Gasteiger charge is 2.48. The SMILES string of the molecule is CCOC1CC(NCc2ccc(O)c(OC)c2)C1(C)C. The van der Waals surface area contributed by atoms with Gasteiger partial charge in [0.15, 0.2) is 11.5 Å². The number of phenols is 1. The van der Waals surface area contributed by atoms with E-state index in [1.165, 1.54) is 0 Å². The van der Waals surface area contributed by atoms with Gasteiger partial charge in [-0.15, -0.1) is 0 Å². The Bertz CT molecular complexity index is 459. The maximum absolute atomic E-state index is 9.58. The lowest BCUT2D eigenvalue weighted by Crippen LogP contribution is -2.60. The van der Waals surface area contributed by atoms with Crippen molar-refractivity contribution in [2.24, 2.45) is 5.41 Å². The molecule has 0 bridgehead atoms. The predicted molar refractivity (Wildman–Crippen MR) is 79.1 cm³/mol. The van der Waals surface area contributed by atoms with E-state index in [2.05, 4.69) is 19.2 Å². The minimum Gasteiger partial charge on any atom is -0.504 e. The molecule has 2 rings (SSSR count). The fraction of sp³-hybridized carbons (Fsp3) is 0.625. The van der Waals surface area contributed by atoms with E-state index in [9.17, 15) is 5.11 Å².